The molecule has 5 nitrogen and oxygen atoms in total. The molecule has 0 saturated carbocycles. The zero-order chi connectivity index (χ0) is 17.4. The molecule has 2 rings (SSSR count). The van der Waals surface area contributed by atoms with Gasteiger partial charge in [0.1, 0.15) is 0 Å². The Morgan fingerprint density at radius 3 is 2.88 bits per heavy atom. The van der Waals surface area contributed by atoms with Gasteiger partial charge in [-0.25, -0.2) is 0 Å². The first kappa shape index (κ1) is 22.7. The molecule has 1 aromatic rings. The molecule has 1 unspecified atom stereocenters. The van der Waals surface area contributed by atoms with Crippen LogP contribution in [0.15, 0.2) is 22.5 Å². The van der Waals surface area contributed by atoms with Crippen LogP contribution in [-0.4, -0.2) is 63.8 Å². The van der Waals surface area contributed by atoms with Crippen molar-refractivity contribution in [1.29, 1.82) is 0 Å². The van der Waals surface area contributed by atoms with E-state index in [1.54, 1.807) is 7.11 Å². The molecule has 1 saturated heterocycles. The topological polar surface area (TPSA) is 48.9 Å². The minimum atomic E-state index is 0. The van der Waals surface area contributed by atoms with Gasteiger partial charge in [-0.1, -0.05) is 19.9 Å². The lowest BCUT2D eigenvalue weighted by Crippen LogP contribution is -2.47. The van der Waals surface area contributed by atoms with E-state index >= 15 is 0 Å². The lowest BCUT2D eigenvalue weighted by atomic mass is 9.91. The SMILES string of the molecule is CN=C(NCC1CCCN1CCOC)NCC(C)(C)c1cccs1.I. The number of aliphatic imine (C=N–C) groups is 1. The van der Waals surface area contributed by atoms with Gasteiger partial charge in [0.25, 0.3) is 0 Å². The third-order valence-corrected chi connectivity index (χ3v) is 5.93. The number of nitrogens with zero attached hydrogens (tertiary/aromatic N) is 2. The van der Waals surface area contributed by atoms with Gasteiger partial charge in [-0.3, -0.25) is 9.89 Å². The van der Waals surface area contributed by atoms with Crippen LogP contribution in [-0.2, 0) is 10.2 Å². The number of thiophene rings is 1. The molecule has 0 aromatic carbocycles. The Kier molecular flexibility index (Phi) is 10.3. The highest BCUT2D eigenvalue weighted by molar-refractivity contribution is 14.0. The molecule has 0 bridgehead atoms. The number of rotatable bonds is 8. The van der Waals surface area contributed by atoms with Crippen LogP contribution in [0.3, 0.4) is 0 Å². The van der Waals surface area contributed by atoms with Crippen molar-refractivity contribution in [3.63, 3.8) is 0 Å². The molecule has 1 fully saturated rings. The summed E-state index contributed by atoms with van der Waals surface area (Å²) in [7, 11) is 3.61. The molecule has 0 aliphatic carbocycles. The molecule has 2 heterocycles. The number of guanidine groups is 1. The molecule has 1 aliphatic heterocycles. The Morgan fingerprint density at radius 2 is 2.24 bits per heavy atom. The van der Waals surface area contributed by atoms with Gasteiger partial charge in [0.2, 0.25) is 0 Å². The summed E-state index contributed by atoms with van der Waals surface area (Å²) < 4.78 is 5.21. The third-order valence-electron chi connectivity index (χ3n) is 4.70. The van der Waals surface area contributed by atoms with Gasteiger partial charge < -0.3 is 15.4 Å². The number of hydrogen-bond acceptors (Lipinski definition) is 4. The number of ether oxygens (including phenoxy) is 1. The number of hydrogen-bond donors (Lipinski definition) is 2. The van der Waals surface area contributed by atoms with E-state index in [-0.39, 0.29) is 29.4 Å². The summed E-state index contributed by atoms with van der Waals surface area (Å²) >= 11 is 1.81. The molecular weight excluding hydrogens is 447 g/mol. The maximum Gasteiger partial charge on any atom is 0.191 e. The molecule has 25 heavy (non-hydrogen) atoms. The van der Waals surface area contributed by atoms with Gasteiger partial charge in [-0.05, 0) is 30.8 Å². The standard InChI is InChI=1S/C18H32N4OS.HI/c1-18(2,16-8-6-12-24-16)14-21-17(19-3)20-13-15-7-5-9-22(15)10-11-23-4;/h6,8,12,15H,5,7,9-11,13-14H2,1-4H3,(H2,19,20,21);1H. The van der Waals surface area contributed by atoms with Crippen molar-refractivity contribution in [3.8, 4) is 0 Å². The third kappa shape index (κ3) is 7.03. The van der Waals surface area contributed by atoms with Crippen LogP contribution >= 0.6 is 35.3 Å². The van der Waals surface area contributed by atoms with E-state index in [1.807, 2.05) is 18.4 Å². The second kappa shape index (κ2) is 11.4. The van der Waals surface area contributed by atoms with Gasteiger partial charge in [0.05, 0.1) is 6.61 Å². The molecule has 0 spiro atoms. The van der Waals surface area contributed by atoms with Gasteiger partial charge in [-0.2, -0.15) is 0 Å². The van der Waals surface area contributed by atoms with Gasteiger partial charge in [-0.15, -0.1) is 35.3 Å². The summed E-state index contributed by atoms with van der Waals surface area (Å²) in [6, 6.07) is 4.89. The molecule has 1 aromatic heterocycles. The molecule has 2 N–H and O–H groups in total. The lowest BCUT2D eigenvalue weighted by Gasteiger charge is -2.27. The summed E-state index contributed by atoms with van der Waals surface area (Å²) in [5.41, 5.74) is 0.101. The van der Waals surface area contributed by atoms with Crippen LogP contribution in [0, 0.1) is 0 Å². The molecule has 7 heteroatoms. The van der Waals surface area contributed by atoms with E-state index in [0.29, 0.717) is 6.04 Å². The Bertz CT molecular complexity index is 507. The van der Waals surface area contributed by atoms with Gasteiger partial charge in [0, 0.05) is 50.1 Å². The minimum Gasteiger partial charge on any atom is -0.383 e. The monoisotopic (exact) mass is 480 g/mol. The van der Waals surface area contributed by atoms with E-state index in [1.165, 1.54) is 24.3 Å². The highest BCUT2D eigenvalue weighted by Crippen LogP contribution is 2.26. The maximum atomic E-state index is 5.21. The van der Waals surface area contributed by atoms with Crippen molar-refractivity contribution in [3.05, 3.63) is 22.4 Å². The largest absolute Gasteiger partial charge is 0.383 e. The van der Waals surface area contributed by atoms with E-state index in [2.05, 4.69) is 51.9 Å². The van der Waals surface area contributed by atoms with Crippen LogP contribution in [0.4, 0.5) is 0 Å². The normalized spacial score (nSPS) is 18.9. The van der Waals surface area contributed by atoms with Crippen molar-refractivity contribution < 1.29 is 4.74 Å². The predicted molar refractivity (Wildman–Crippen MR) is 119 cm³/mol. The first-order valence-electron chi connectivity index (χ1n) is 8.78. The van der Waals surface area contributed by atoms with Crippen LogP contribution in [0.5, 0.6) is 0 Å². The van der Waals surface area contributed by atoms with Crippen molar-refractivity contribution in [1.82, 2.24) is 15.5 Å². The molecule has 1 aliphatic rings. The van der Waals surface area contributed by atoms with E-state index in [9.17, 15) is 0 Å². The van der Waals surface area contributed by atoms with Crippen LogP contribution in [0.2, 0.25) is 0 Å². The average Bonchev–Trinajstić information content (AvgIpc) is 3.25. The number of halogens is 1. The first-order chi connectivity index (χ1) is 11.6. The summed E-state index contributed by atoms with van der Waals surface area (Å²) in [6.07, 6.45) is 2.52. The Morgan fingerprint density at radius 1 is 1.44 bits per heavy atom. The molecule has 1 atom stereocenters. The summed E-state index contributed by atoms with van der Waals surface area (Å²) in [5, 5.41) is 9.12. The zero-order valence-electron chi connectivity index (χ0n) is 15.9. The minimum absolute atomic E-state index is 0. The Hall–Kier alpha value is -0.380. The van der Waals surface area contributed by atoms with Crippen LogP contribution in [0.1, 0.15) is 31.6 Å². The Labute approximate surface area is 173 Å². The van der Waals surface area contributed by atoms with Gasteiger partial charge >= 0.3 is 0 Å². The average molecular weight is 480 g/mol. The number of nitrogens with one attached hydrogen (secondary N) is 2. The van der Waals surface area contributed by atoms with Crippen LogP contribution < -0.4 is 10.6 Å². The highest BCUT2D eigenvalue weighted by Gasteiger charge is 2.25. The summed E-state index contributed by atoms with van der Waals surface area (Å²) in [6.45, 7) is 9.32. The highest BCUT2D eigenvalue weighted by atomic mass is 127. The number of methoxy groups -OCH3 is 1. The van der Waals surface area contributed by atoms with Crippen molar-refractivity contribution in [2.24, 2.45) is 4.99 Å². The summed E-state index contributed by atoms with van der Waals surface area (Å²) in [5.74, 6) is 0.887. The number of likely N-dealkylation sites (tertiary alicyclic amines) is 1. The first-order valence-corrected chi connectivity index (χ1v) is 9.66. The van der Waals surface area contributed by atoms with Gasteiger partial charge in [0.15, 0.2) is 5.96 Å². The second-order valence-electron chi connectivity index (χ2n) is 6.99. The second-order valence-corrected chi connectivity index (χ2v) is 7.94. The van der Waals surface area contributed by atoms with E-state index in [0.717, 1.165) is 32.2 Å². The van der Waals surface area contributed by atoms with Crippen molar-refractivity contribution >= 4 is 41.3 Å². The fourth-order valence-electron chi connectivity index (χ4n) is 3.12. The predicted octanol–water partition coefficient (Wildman–Crippen LogP) is 2.92. The molecule has 0 amide bonds. The van der Waals surface area contributed by atoms with E-state index in [4.69, 9.17) is 4.74 Å². The fraction of sp³-hybridized carbons (Fsp3) is 0.722. The summed E-state index contributed by atoms with van der Waals surface area (Å²) in [4.78, 5) is 8.28. The van der Waals surface area contributed by atoms with Crippen molar-refractivity contribution in [2.75, 3.05) is 46.9 Å². The zero-order valence-corrected chi connectivity index (χ0v) is 19.0. The molecule has 0 radical (unpaired) electrons. The smallest absolute Gasteiger partial charge is 0.191 e. The maximum absolute atomic E-state index is 5.21. The van der Waals surface area contributed by atoms with Crippen molar-refractivity contribution in [2.45, 2.75) is 38.1 Å². The fourth-order valence-corrected chi connectivity index (χ4v) is 3.97. The van der Waals surface area contributed by atoms with E-state index < -0.39 is 0 Å². The van der Waals surface area contributed by atoms with Crippen LogP contribution in [0.25, 0.3) is 0 Å². The quantitative estimate of drug-likeness (QED) is 0.341. The molecule has 144 valence electrons. The Balaban J connectivity index is 0.00000312. The molecular formula is C18H33IN4OS. The lowest BCUT2D eigenvalue weighted by molar-refractivity contribution is 0.141.